The zero-order valence-corrected chi connectivity index (χ0v) is 10.2. The molecule has 0 aromatic carbocycles. The Morgan fingerprint density at radius 3 is 2.92 bits per heavy atom. The average Bonchev–Trinajstić information content (AvgIpc) is 2.14. The van der Waals surface area contributed by atoms with E-state index >= 15 is 0 Å². The van der Waals surface area contributed by atoms with Crippen molar-refractivity contribution in [3.63, 3.8) is 0 Å². The van der Waals surface area contributed by atoms with Crippen molar-refractivity contribution in [2.45, 2.75) is 18.1 Å². The number of hydrogen-bond donors (Lipinski definition) is 1. The Morgan fingerprint density at radius 2 is 2.38 bits per heavy atom. The summed E-state index contributed by atoms with van der Waals surface area (Å²) in [7, 11) is 0. The van der Waals surface area contributed by atoms with E-state index < -0.39 is 15.8 Å². The summed E-state index contributed by atoms with van der Waals surface area (Å²) in [5, 5.41) is 9.45. The van der Waals surface area contributed by atoms with Gasteiger partial charge in [0.1, 0.15) is 0 Å². The third-order valence-corrected chi connectivity index (χ3v) is 5.07. The Balaban J connectivity index is 2.62. The first-order valence-corrected chi connectivity index (χ1v) is 6.75. The molecule has 0 amide bonds. The summed E-state index contributed by atoms with van der Waals surface area (Å²) in [6.45, 7) is 2.31. The fraction of sp³-hybridized carbons (Fsp3) is 0.500. The molecule has 0 fully saturated rings. The fourth-order valence-electron chi connectivity index (χ4n) is 0.898. The number of hydrogen-bond acceptors (Lipinski definition) is 3. The summed E-state index contributed by atoms with van der Waals surface area (Å²) >= 11 is 5.30. The number of aromatic nitrogens is 2. The topological polar surface area (TPSA) is 46.0 Å². The fourth-order valence-corrected chi connectivity index (χ4v) is 3.39. The van der Waals surface area contributed by atoms with E-state index in [1.807, 2.05) is 0 Å². The van der Waals surface area contributed by atoms with Crippen LogP contribution in [0.5, 0.6) is 0 Å². The number of rotatable bonds is 4. The number of nitrogens with zero attached hydrogens (tertiary/aromatic N) is 2. The minimum atomic E-state index is -0.401. The van der Waals surface area contributed by atoms with E-state index in [2.05, 4.69) is 16.9 Å². The molecular formula is C8H12AsClN2O. The van der Waals surface area contributed by atoms with Crippen LogP contribution in [0.15, 0.2) is 12.4 Å². The predicted octanol–water partition coefficient (Wildman–Crippen LogP) is 0.383. The second kappa shape index (κ2) is 5.58. The summed E-state index contributed by atoms with van der Waals surface area (Å²) < 4.78 is 1.35. The zero-order valence-electron chi connectivity index (χ0n) is 7.37. The second-order valence-electron chi connectivity index (χ2n) is 2.66. The van der Waals surface area contributed by atoms with Crippen LogP contribution in [0.25, 0.3) is 0 Å². The van der Waals surface area contributed by atoms with Crippen LogP contribution in [-0.4, -0.2) is 37.4 Å². The van der Waals surface area contributed by atoms with Crippen LogP contribution in [0.4, 0.5) is 0 Å². The summed E-state index contributed by atoms with van der Waals surface area (Å²) in [5.74, 6) is 0. The third kappa shape index (κ3) is 3.63. The Labute approximate surface area is 89.2 Å². The van der Waals surface area contributed by atoms with Crippen LogP contribution in [0.3, 0.4) is 0 Å². The maximum atomic E-state index is 9.01. The molecule has 0 saturated heterocycles. The van der Waals surface area contributed by atoms with Crippen LogP contribution in [-0.2, 0) is 0 Å². The average molecular weight is 263 g/mol. The second-order valence-corrected chi connectivity index (χ2v) is 6.44. The van der Waals surface area contributed by atoms with Crippen molar-refractivity contribution >= 4 is 31.8 Å². The molecule has 3 nitrogen and oxygen atoms in total. The van der Waals surface area contributed by atoms with Crippen molar-refractivity contribution in [3.8, 4) is 0 Å². The van der Waals surface area contributed by atoms with Gasteiger partial charge < -0.3 is 0 Å². The molecule has 1 aromatic heterocycles. The van der Waals surface area contributed by atoms with Crippen LogP contribution >= 0.6 is 11.6 Å². The van der Waals surface area contributed by atoms with Crippen molar-refractivity contribution in [1.29, 1.82) is 0 Å². The van der Waals surface area contributed by atoms with Crippen LogP contribution < -0.4 is 4.48 Å². The van der Waals surface area contributed by atoms with Crippen LogP contribution in [0.1, 0.15) is 13.3 Å². The molecule has 0 spiro atoms. The minimum absolute atomic E-state index is 0.241. The summed E-state index contributed by atoms with van der Waals surface area (Å²) in [4.78, 5) is 8.12. The molecular weight excluding hydrogens is 250 g/mol. The van der Waals surface area contributed by atoms with E-state index in [0.717, 1.165) is 10.9 Å². The molecule has 13 heavy (non-hydrogen) atoms. The van der Waals surface area contributed by atoms with Gasteiger partial charge in [0, 0.05) is 0 Å². The molecule has 72 valence electrons. The van der Waals surface area contributed by atoms with E-state index in [0.29, 0.717) is 9.86 Å². The van der Waals surface area contributed by atoms with E-state index in [1.165, 1.54) is 6.20 Å². The maximum absolute atomic E-state index is 9.01. The standard InChI is InChI=1S/C8H12AsClN2O/c1-2-6(5-13)9-7-3-11-4-8(10)12-7/h3-4,6,9,13H,2,5H2,1H3. The summed E-state index contributed by atoms with van der Waals surface area (Å²) in [6, 6.07) is 0. The van der Waals surface area contributed by atoms with E-state index in [1.54, 1.807) is 6.20 Å². The monoisotopic (exact) mass is 262 g/mol. The Hall–Kier alpha value is -0.112. The molecule has 1 heterocycles. The molecule has 0 aliphatic rings. The van der Waals surface area contributed by atoms with Gasteiger partial charge >= 0.3 is 89.1 Å². The molecule has 0 aliphatic heterocycles. The van der Waals surface area contributed by atoms with Crippen LogP contribution in [0.2, 0.25) is 9.86 Å². The molecule has 1 rings (SSSR count). The molecule has 0 aliphatic carbocycles. The number of aliphatic hydroxyl groups is 1. The molecule has 0 bridgehead atoms. The van der Waals surface area contributed by atoms with Gasteiger partial charge in [-0.25, -0.2) is 0 Å². The molecule has 1 N–H and O–H groups in total. The summed E-state index contributed by atoms with van der Waals surface area (Å²) in [5.41, 5.74) is 0. The van der Waals surface area contributed by atoms with Gasteiger partial charge in [-0.2, -0.15) is 0 Å². The SMILES string of the molecule is CCC(CO)[AsH]c1cncc(Cl)n1. The van der Waals surface area contributed by atoms with Gasteiger partial charge in [0.2, 0.25) is 0 Å². The Morgan fingerprint density at radius 1 is 1.62 bits per heavy atom. The number of aliphatic hydroxyl groups excluding tert-OH is 1. The van der Waals surface area contributed by atoms with Crippen molar-refractivity contribution in [3.05, 3.63) is 17.5 Å². The van der Waals surface area contributed by atoms with Gasteiger partial charge in [0.25, 0.3) is 0 Å². The molecule has 2 atom stereocenters. The first-order valence-electron chi connectivity index (χ1n) is 4.11. The molecule has 5 heteroatoms. The zero-order chi connectivity index (χ0) is 9.68. The first kappa shape index (κ1) is 11.0. The number of halogens is 1. The molecule has 0 radical (unpaired) electrons. The summed E-state index contributed by atoms with van der Waals surface area (Å²) in [6.07, 6.45) is 4.26. The molecule has 0 saturated carbocycles. The molecule has 1 aromatic rings. The van der Waals surface area contributed by atoms with Gasteiger partial charge in [0.05, 0.1) is 0 Å². The molecule has 2 unspecified atom stereocenters. The van der Waals surface area contributed by atoms with Gasteiger partial charge in [-0.3, -0.25) is 0 Å². The van der Waals surface area contributed by atoms with Crippen molar-refractivity contribution in [2.75, 3.05) is 6.61 Å². The van der Waals surface area contributed by atoms with Gasteiger partial charge in [-0.1, -0.05) is 0 Å². The van der Waals surface area contributed by atoms with Gasteiger partial charge in [0.15, 0.2) is 0 Å². The van der Waals surface area contributed by atoms with Crippen molar-refractivity contribution in [2.24, 2.45) is 0 Å². The van der Waals surface area contributed by atoms with Crippen molar-refractivity contribution < 1.29 is 5.11 Å². The predicted molar refractivity (Wildman–Crippen MR) is 55.0 cm³/mol. The Bertz CT molecular complexity index is 268. The first-order chi connectivity index (χ1) is 6.26. The van der Waals surface area contributed by atoms with Crippen molar-refractivity contribution in [1.82, 2.24) is 9.97 Å². The Kier molecular flexibility index (Phi) is 4.71. The third-order valence-electron chi connectivity index (χ3n) is 1.67. The normalized spacial score (nSPS) is 13.8. The van der Waals surface area contributed by atoms with E-state index in [4.69, 9.17) is 16.7 Å². The van der Waals surface area contributed by atoms with Gasteiger partial charge in [-0.15, -0.1) is 0 Å². The van der Waals surface area contributed by atoms with E-state index in [-0.39, 0.29) is 6.61 Å². The van der Waals surface area contributed by atoms with E-state index in [9.17, 15) is 0 Å². The van der Waals surface area contributed by atoms with Gasteiger partial charge in [-0.05, 0) is 0 Å². The quantitative estimate of drug-likeness (QED) is 0.798. The van der Waals surface area contributed by atoms with Crippen LogP contribution in [0, 0.1) is 0 Å².